The van der Waals surface area contributed by atoms with Crippen molar-refractivity contribution < 1.29 is 9.90 Å². The van der Waals surface area contributed by atoms with E-state index >= 15 is 0 Å². The predicted molar refractivity (Wildman–Crippen MR) is 48.7 cm³/mol. The summed E-state index contributed by atoms with van der Waals surface area (Å²) in [6, 6.07) is 0. The average Bonchev–Trinajstić information content (AvgIpc) is 2.09. The van der Waals surface area contributed by atoms with Gasteiger partial charge in [-0.15, -0.1) is 0 Å². The lowest BCUT2D eigenvalue weighted by atomic mass is 10.7. The average molecular weight is 234 g/mol. The molecule has 1 unspecified atom stereocenters. The fourth-order valence-electron chi connectivity index (χ4n) is 0.462. The first-order valence-electron chi connectivity index (χ1n) is 2.34. The molecule has 0 aromatic heterocycles. The predicted octanol–water partition coefficient (Wildman–Crippen LogP) is 3.27. The Balaban J connectivity index is 3.06. The molecule has 0 aromatic carbocycles. The molecule has 1 aliphatic rings. The summed E-state index contributed by atoms with van der Waals surface area (Å²) in [6.07, 6.45) is 0. The maximum Gasteiger partial charge on any atom is 0.383 e. The summed E-state index contributed by atoms with van der Waals surface area (Å²) >= 11 is 10.9. The summed E-state index contributed by atoms with van der Waals surface area (Å²) in [6.45, 7) is 0. The first-order valence-corrected chi connectivity index (χ1v) is 5.58. The van der Waals surface area contributed by atoms with Crippen LogP contribution in [0.4, 0.5) is 4.79 Å². The van der Waals surface area contributed by atoms with Gasteiger partial charge in [0.2, 0.25) is 0 Å². The van der Waals surface area contributed by atoms with E-state index in [1.165, 1.54) is 0 Å². The number of allylic oxidation sites excluding steroid dienone is 1. The molecular weight excluding hydrogens is 232 g/mol. The molecule has 0 saturated heterocycles. The molecule has 0 spiro atoms. The summed E-state index contributed by atoms with van der Waals surface area (Å²) in [7, 11) is 2.88. The van der Waals surface area contributed by atoms with E-state index in [1.807, 2.05) is 0 Å². The van der Waals surface area contributed by atoms with Gasteiger partial charge in [-0.05, 0) is 10.7 Å². The molecule has 0 aliphatic carbocycles. The van der Waals surface area contributed by atoms with E-state index in [9.17, 15) is 4.79 Å². The van der Waals surface area contributed by atoms with Crippen LogP contribution in [0.2, 0.25) is 0 Å². The van der Waals surface area contributed by atoms with Gasteiger partial charge in [0.05, 0.1) is 14.5 Å². The Morgan fingerprint density at radius 2 is 2.18 bits per heavy atom. The van der Waals surface area contributed by atoms with Gasteiger partial charge < -0.3 is 5.11 Å². The molecule has 0 amide bonds. The summed E-state index contributed by atoms with van der Waals surface area (Å²) in [5.74, 6) is 0. The molecule has 0 aromatic rings. The Kier molecular flexibility index (Phi) is 2.39. The van der Waals surface area contributed by atoms with Gasteiger partial charge in [-0.2, -0.15) is 4.40 Å². The van der Waals surface area contributed by atoms with E-state index in [-0.39, 0.29) is 10.2 Å². The summed E-state index contributed by atoms with van der Waals surface area (Å²) in [5, 5.41) is 8.54. The second-order valence-electron chi connectivity index (χ2n) is 1.66. The van der Waals surface area contributed by atoms with Crippen molar-refractivity contribution in [1.82, 2.24) is 0 Å². The van der Waals surface area contributed by atoms with Crippen LogP contribution in [0.5, 0.6) is 0 Å². The molecule has 1 atom stereocenters. The number of nitrogens with zero attached hydrogens (tertiary/aromatic N) is 1. The van der Waals surface area contributed by atoms with E-state index in [1.54, 1.807) is 0 Å². The number of hydrogen-bond acceptors (Lipinski definition) is 2. The smallest absolute Gasteiger partial charge is 0.383 e. The van der Waals surface area contributed by atoms with Gasteiger partial charge in [-0.3, -0.25) is 0 Å². The Morgan fingerprint density at radius 3 is 2.36 bits per heavy atom. The highest BCUT2D eigenvalue weighted by atomic mass is 35.7. The summed E-state index contributed by atoms with van der Waals surface area (Å²) < 4.78 is 3.51. The van der Waals surface area contributed by atoms with Crippen molar-refractivity contribution in [3.05, 3.63) is 10.4 Å². The van der Waals surface area contributed by atoms with Crippen LogP contribution in [0.1, 0.15) is 0 Å². The van der Waals surface area contributed by atoms with E-state index in [2.05, 4.69) is 4.40 Å². The molecule has 0 fully saturated rings. The second kappa shape index (κ2) is 2.86. The fraction of sp³-hybridized carbons (Fsp3) is 0. The Labute approximate surface area is 78.6 Å². The molecule has 7 heteroatoms. The standard InChI is InChI=1S/C4H2Cl3NO2S/c5-2-1-11(7,4(9)10)8-3(2)6/h1H,(H,9,10). The van der Waals surface area contributed by atoms with Crippen molar-refractivity contribution in [2.75, 3.05) is 0 Å². The van der Waals surface area contributed by atoms with Crippen LogP contribution in [-0.4, -0.2) is 15.6 Å². The largest absolute Gasteiger partial charge is 0.472 e. The highest BCUT2D eigenvalue weighted by molar-refractivity contribution is 8.62. The first kappa shape index (κ1) is 9.19. The van der Waals surface area contributed by atoms with Gasteiger partial charge in [-0.25, -0.2) is 4.79 Å². The van der Waals surface area contributed by atoms with Gasteiger partial charge >= 0.3 is 5.30 Å². The molecule has 0 bridgehead atoms. The summed E-state index contributed by atoms with van der Waals surface area (Å²) in [5.41, 5.74) is 0. The highest BCUT2D eigenvalue weighted by Gasteiger charge is 2.33. The van der Waals surface area contributed by atoms with Crippen molar-refractivity contribution in [3.8, 4) is 0 Å². The number of carboxylic acid groups (broad SMARTS) is 1. The minimum atomic E-state index is -2.67. The highest BCUT2D eigenvalue weighted by Crippen LogP contribution is 2.61. The third-order valence-electron chi connectivity index (χ3n) is 0.915. The van der Waals surface area contributed by atoms with Crippen molar-refractivity contribution in [1.29, 1.82) is 0 Å². The number of carbonyl (C=O) groups is 1. The SMILES string of the molecule is O=C(O)S1(Cl)C=C(Cl)C(Cl)=N1. The van der Waals surface area contributed by atoms with Crippen molar-refractivity contribution in [2.24, 2.45) is 4.40 Å². The lowest BCUT2D eigenvalue weighted by Crippen LogP contribution is -1.95. The van der Waals surface area contributed by atoms with Crippen LogP contribution in [-0.2, 0) is 0 Å². The van der Waals surface area contributed by atoms with Crippen LogP contribution in [0, 0.1) is 0 Å². The van der Waals surface area contributed by atoms with Crippen LogP contribution < -0.4 is 0 Å². The van der Waals surface area contributed by atoms with Crippen LogP contribution in [0.25, 0.3) is 0 Å². The number of halogens is 3. The monoisotopic (exact) mass is 233 g/mol. The molecule has 62 valence electrons. The van der Waals surface area contributed by atoms with E-state index < -0.39 is 14.7 Å². The third-order valence-corrected chi connectivity index (χ3v) is 4.17. The van der Waals surface area contributed by atoms with Crippen LogP contribution >= 0.6 is 43.3 Å². The molecule has 11 heavy (non-hydrogen) atoms. The maximum atomic E-state index is 10.5. The van der Waals surface area contributed by atoms with Crippen molar-refractivity contribution in [2.45, 2.75) is 0 Å². The zero-order valence-corrected chi connectivity index (χ0v) is 8.01. The van der Waals surface area contributed by atoms with Gasteiger partial charge in [-0.1, -0.05) is 23.2 Å². The number of rotatable bonds is 0. The van der Waals surface area contributed by atoms with E-state index in [4.69, 9.17) is 39.0 Å². The molecule has 1 aliphatic heterocycles. The van der Waals surface area contributed by atoms with E-state index in [0.29, 0.717) is 0 Å². The lowest BCUT2D eigenvalue weighted by molar-refractivity contribution is 0.221. The molecule has 0 saturated carbocycles. The molecule has 0 radical (unpaired) electrons. The Hall–Kier alpha value is 0.1000. The fourth-order valence-corrected chi connectivity index (χ4v) is 3.05. The minimum absolute atomic E-state index is 0.0425. The Morgan fingerprint density at radius 1 is 1.64 bits per heavy atom. The zero-order valence-electron chi connectivity index (χ0n) is 4.92. The Bertz CT molecular complexity index is 257. The number of hydrogen-bond donors (Lipinski definition) is 1. The molecule has 3 nitrogen and oxygen atoms in total. The lowest BCUT2D eigenvalue weighted by Gasteiger charge is -2.12. The molecule has 1 rings (SSSR count). The van der Waals surface area contributed by atoms with Gasteiger partial charge in [0.25, 0.3) is 0 Å². The van der Waals surface area contributed by atoms with Gasteiger partial charge in [0.1, 0.15) is 0 Å². The topological polar surface area (TPSA) is 49.7 Å². The second-order valence-corrected chi connectivity index (χ2v) is 5.71. The van der Waals surface area contributed by atoms with Crippen molar-refractivity contribution in [3.63, 3.8) is 0 Å². The minimum Gasteiger partial charge on any atom is -0.472 e. The normalized spacial score (nSPS) is 35.5. The third kappa shape index (κ3) is 1.64. The van der Waals surface area contributed by atoms with Gasteiger partial charge in [0.15, 0.2) is 5.17 Å². The first-order chi connectivity index (χ1) is 4.96. The van der Waals surface area contributed by atoms with Crippen LogP contribution in [0.15, 0.2) is 14.8 Å². The van der Waals surface area contributed by atoms with Crippen LogP contribution in [0.3, 0.4) is 0 Å². The molecular formula is C4H2Cl3NO2S. The van der Waals surface area contributed by atoms with Crippen molar-refractivity contribution >= 4 is 53.8 Å². The van der Waals surface area contributed by atoms with E-state index in [0.717, 1.165) is 5.41 Å². The summed E-state index contributed by atoms with van der Waals surface area (Å²) in [4.78, 5) is 10.5. The zero-order chi connectivity index (χ0) is 8.65. The van der Waals surface area contributed by atoms with Gasteiger partial charge in [0, 0.05) is 5.41 Å². The molecule has 1 heterocycles. The molecule has 1 N–H and O–H groups in total. The maximum absolute atomic E-state index is 10.5. The quantitative estimate of drug-likeness (QED) is 0.699.